The number of halogens is 2. The minimum atomic E-state index is -0.331. The van der Waals surface area contributed by atoms with E-state index in [9.17, 15) is 0 Å². The highest BCUT2D eigenvalue weighted by atomic mass is 35.5. The molecule has 0 aliphatic heterocycles. The molecular weight excluding hydrogens is 305 g/mol. The Hall–Kier alpha value is -1.65. The molecule has 21 heavy (non-hydrogen) atoms. The first-order valence-electron chi connectivity index (χ1n) is 6.46. The van der Waals surface area contributed by atoms with E-state index in [1.54, 1.807) is 12.3 Å². The molecule has 1 unspecified atom stereocenters. The van der Waals surface area contributed by atoms with Crippen LogP contribution in [0.1, 0.15) is 17.3 Å². The standard InChI is InChI=1S/C16H13Cl2N3/c17-13-7-3-6-12(14(13)18)16(21-19)15-11-5-2-1-4-10(11)8-9-20-15/h1-9,16,21H,19H2. The Labute approximate surface area is 132 Å². The van der Waals surface area contributed by atoms with Gasteiger partial charge in [0.2, 0.25) is 0 Å². The van der Waals surface area contributed by atoms with Crippen LogP contribution in [0.4, 0.5) is 0 Å². The van der Waals surface area contributed by atoms with Gasteiger partial charge in [-0.15, -0.1) is 0 Å². The summed E-state index contributed by atoms with van der Waals surface area (Å²) in [5.74, 6) is 5.76. The minimum Gasteiger partial charge on any atom is -0.271 e. The lowest BCUT2D eigenvalue weighted by atomic mass is 9.99. The van der Waals surface area contributed by atoms with Crippen molar-refractivity contribution >= 4 is 34.0 Å². The van der Waals surface area contributed by atoms with Crippen molar-refractivity contribution in [3.63, 3.8) is 0 Å². The summed E-state index contributed by atoms with van der Waals surface area (Å²) in [5, 5.41) is 3.10. The monoisotopic (exact) mass is 317 g/mol. The first kappa shape index (κ1) is 14.3. The van der Waals surface area contributed by atoms with Crippen molar-refractivity contribution in [2.24, 2.45) is 5.84 Å². The molecule has 3 aromatic rings. The van der Waals surface area contributed by atoms with Crippen LogP contribution in [0.15, 0.2) is 54.7 Å². The van der Waals surface area contributed by atoms with Crippen molar-refractivity contribution < 1.29 is 0 Å². The third kappa shape index (κ3) is 2.61. The average Bonchev–Trinajstić information content (AvgIpc) is 2.52. The fourth-order valence-corrected chi connectivity index (χ4v) is 2.85. The highest BCUT2D eigenvalue weighted by Gasteiger charge is 2.20. The zero-order chi connectivity index (χ0) is 14.8. The van der Waals surface area contributed by atoms with Crippen molar-refractivity contribution in [1.29, 1.82) is 0 Å². The summed E-state index contributed by atoms with van der Waals surface area (Å²) in [7, 11) is 0. The van der Waals surface area contributed by atoms with Crippen molar-refractivity contribution in [1.82, 2.24) is 10.4 Å². The van der Waals surface area contributed by atoms with Gasteiger partial charge >= 0.3 is 0 Å². The summed E-state index contributed by atoms with van der Waals surface area (Å²) in [6.07, 6.45) is 1.76. The Bertz CT molecular complexity index is 784. The van der Waals surface area contributed by atoms with E-state index in [-0.39, 0.29) is 6.04 Å². The number of pyridine rings is 1. The smallest absolute Gasteiger partial charge is 0.0902 e. The topological polar surface area (TPSA) is 50.9 Å². The number of hydrogen-bond acceptors (Lipinski definition) is 3. The molecule has 0 amide bonds. The van der Waals surface area contributed by atoms with Gasteiger partial charge in [-0.05, 0) is 23.1 Å². The molecule has 0 saturated heterocycles. The van der Waals surface area contributed by atoms with Crippen molar-refractivity contribution in [3.05, 3.63) is 76.0 Å². The lowest BCUT2D eigenvalue weighted by molar-refractivity contribution is 0.626. The van der Waals surface area contributed by atoms with Gasteiger partial charge in [0.15, 0.2) is 0 Å². The molecule has 0 radical (unpaired) electrons. The van der Waals surface area contributed by atoms with Gasteiger partial charge in [0.1, 0.15) is 0 Å². The second kappa shape index (κ2) is 6.00. The molecular formula is C16H13Cl2N3. The predicted octanol–water partition coefficient (Wildman–Crippen LogP) is 4.09. The average molecular weight is 318 g/mol. The molecule has 0 aliphatic carbocycles. The van der Waals surface area contributed by atoms with Crippen LogP contribution in [0.5, 0.6) is 0 Å². The van der Waals surface area contributed by atoms with Crippen LogP contribution in [0, 0.1) is 0 Å². The quantitative estimate of drug-likeness (QED) is 0.565. The maximum atomic E-state index is 6.31. The Morgan fingerprint density at radius 2 is 1.81 bits per heavy atom. The molecule has 1 aromatic heterocycles. The Kier molecular flexibility index (Phi) is 4.08. The number of benzene rings is 2. The molecule has 0 bridgehead atoms. The molecule has 1 heterocycles. The number of hydrogen-bond donors (Lipinski definition) is 2. The molecule has 5 heteroatoms. The Morgan fingerprint density at radius 3 is 2.62 bits per heavy atom. The fourth-order valence-electron chi connectivity index (χ4n) is 2.43. The van der Waals surface area contributed by atoms with E-state index in [2.05, 4.69) is 10.4 Å². The number of nitrogens with one attached hydrogen (secondary N) is 1. The third-order valence-electron chi connectivity index (χ3n) is 3.44. The molecule has 3 rings (SSSR count). The van der Waals surface area contributed by atoms with Crippen LogP contribution in [0.3, 0.4) is 0 Å². The van der Waals surface area contributed by atoms with Gasteiger partial charge in [0.05, 0.1) is 21.8 Å². The molecule has 0 saturated carbocycles. The second-order valence-corrected chi connectivity index (χ2v) is 5.45. The van der Waals surface area contributed by atoms with E-state index in [0.29, 0.717) is 10.0 Å². The van der Waals surface area contributed by atoms with Gasteiger partial charge in [0.25, 0.3) is 0 Å². The zero-order valence-corrected chi connectivity index (χ0v) is 12.6. The van der Waals surface area contributed by atoms with E-state index < -0.39 is 0 Å². The third-order valence-corrected chi connectivity index (χ3v) is 4.27. The molecule has 3 nitrogen and oxygen atoms in total. The van der Waals surface area contributed by atoms with Gasteiger partial charge in [-0.25, -0.2) is 5.43 Å². The van der Waals surface area contributed by atoms with E-state index in [1.807, 2.05) is 42.5 Å². The van der Waals surface area contributed by atoms with Crippen LogP contribution < -0.4 is 11.3 Å². The Morgan fingerprint density at radius 1 is 1.00 bits per heavy atom. The van der Waals surface area contributed by atoms with Crippen LogP contribution in [0.2, 0.25) is 10.0 Å². The zero-order valence-electron chi connectivity index (χ0n) is 11.1. The first-order valence-corrected chi connectivity index (χ1v) is 7.21. The highest BCUT2D eigenvalue weighted by Crippen LogP contribution is 2.34. The van der Waals surface area contributed by atoms with E-state index in [0.717, 1.165) is 22.0 Å². The van der Waals surface area contributed by atoms with E-state index in [4.69, 9.17) is 29.0 Å². The van der Waals surface area contributed by atoms with Crippen molar-refractivity contribution in [2.45, 2.75) is 6.04 Å². The molecule has 3 N–H and O–H groups in total. The summed E-state index contributed by atoms with van der Waals surface area (Å²) < 4.78 is 0. The number of rotatable bonds is 3. The number of hydrazine groups is 1. The van der Waals surface area contributed by atoms with Crippen LogP contribution in [0.25, 0.3) is 10.8 Å². The number of nitrogens with two attached hydrogens (primary N) is 1. The minimum absolute atomic E-state index is 0.331. The SMILES string of the molecule is NNC(c1cccc(Cl)c1Cl)c1nccc2ccccc12. The summed E-state index contributed by atoms with van der Waals surface area (Å²) in [6.45, 7) is 0. The largest absolute Gasteiger partial charge is 0.271 e. The first-order chi connectivity index (χ1) is 10.2. The van der Waals surface area contributed by atoms with Gasteiger partial charge in [-0.2, -0.15) is 0 Å². The predicted molar refractivity (Wildman–Crippen MR) is 87.4 cm³/mol. The molecule has 0 spiro atoms. The van der Waals surface area contributed by atoms with Crippen LogP contribution in [-0.4, -0.2) is 4.98 Å². The maximum Gasteiger partial charge on any atom is 0.0902 e. The lowest BCUT2D eigenvalue weighted by Gasteiger charge is -2.19. The lowest BCUT2D eigenvalue weighted by Crippen LogP contribution is -2.30. The number of fused-ring (bicyclic) bond motifs is 1. The maximum absolute atomic E-state index is 6.31. The van der Waals surface area contributed by atoms with Crippen LogP contribution >= 0.6 is 23.2 Å². The van der Waals surface area contributed by atoms with Crippen molar-refractivity contribution in [3.8, 4) is 0 Å². The Balaban J connectivity index is 2.21. The van der Waals surface area contributed by atoms with Gasteiger partial charge in [-0.1, -0.05) is 59.6 Å². The summed E-state index contributed by atoms with van der Waals surface area (Å²) in [4.78, 5) is 4.48. The number of aromatic nitrogens is 1. The summed E-state index contributed by atoms with van der Waals surface area (Å²) >= 11 is 12.4. The van der Waals surface area contributed by atoms with Crippen LogP contribution in [-0.2, 0) is 0 Å². The second-order valence-electron chi connectivity index (χ2n) is 4.66. The van der Waals surface area contributed by atoms with Gasteiger partial charge < -0.3 is 0 Å². The summed E-state index contributed by atoms with van der Waals surface area (Å²) in [5.41, 5.74) is 4.41. The van der Waals surface area contributed by atoms with Crippen molar-refractivity contribution in [2.75, 3.05) is 0 Å². The van der Waals surface area contributed by atoms with Gasteiger partial charge in [-0.3, -0.25) is 10.8 Å². The fraction of sp³-hybridized carbons (Fsp3) is 0.0625. The van der Waals surface area contributed by atoms with E-state index in [1.165, 1.54) is 0 Å². The van der Waals surface area contributed by atoms with E-state index >= 15 is 0 Å². The highest BCUT2D eigenvalue weighted by molar-refractivity contribution is 6.42. The van der Waals surface area contributed by atoms with Gasteiger partial charge in [0, 0.05) is 11.6 Å². The molecule has 106 valence electrons. The molecule has 0 fully saturated rings. The molecule has 1 atom stereocenters. The number of nitrogens with zero attached hydrogens (tertiary/aromatic N) is 1. The normalized spacial score (nSPS) is 12.5. The molecule has 0 aliphatic rings. The molecule has 2 aromatic carbocycles. The summed E-state index contributed by atoms with van der Waals surface area (Å²) in [6, 6.07) is 15.1.